The number of benzene rings is 1. The lowest BCUT2D eigenvalue weighted by atomic mass is 9.91. The highest BCUT2D eigenvalue weighted by atomic mass is 15.2. The molecule has 0 saturated carbocycles. The van der Waals surface area contributed by atoms with E-state index in [0.29, 0.717) is 12.5 Å². The van der Waals surface area contributed by atoms with Crippen LogP contribution in [-0.4, -0.2) is 18.1 Å². The SMILES string of the molecule is CC1Cc2ccccc2N(C(CN)c2ccncc2)C1. The van der Waals surface area contributed by atoms with E-state index in [1.807, 2.05) is 12.4 Å². The average Bonchev–Trinajstić information content (AvgIpc) is 2.49. The topological polar surface area (TPSA) is 42.1 Å². The molecule has 2 unspecified atom stereocenters. The Balaban J connectivity index is 2.00. The van der Waals surface area contributed by atoms with Crippen molar-refractivity contribution in [2.24, 2.45) is 11.7 Å². The number of rotatable bonds is 3. The van der Waals surface area contributed by atoms with Crippen LogP contribution in [0.5, 0.6) is 0 Å². The van der Waals surface area contributed by atoms with E-state index in [1.165, 1.54) is 16.8 Å². The van der Waals surface area contributed by atoms with Crippen molar-refractivity contribution < 1.29 is 0 Å². The minimum Gasteiger partial charge on any atom is -0.363 e. The summed E-state index contributed by atoms with van der Waals surface area (Å²) in [4.78, 5) is 6.56. The number of nitrogens with zero attached hydrogens (tertiary/aromatic N) is 2. The van der Waals surface area contributed by atoms with E-state index in [2.05, 4.69) is 53.2 Å². The van der Waals surface area contributed by atoms with Crippen molar-refractivity contribution in [1.29, 1.82) is 0 Å². The number of anilines is 1. The summed E-state index contributed by atoms with van der Waals surface area (Å²) in [5, 5.41) is 0. The first-order valence-corrected chi connectivity index (χ1v) is 7.24. The van der Waals surface area contributed by atoms with Crippen LogP contribution in [-0.2, 0) is 6.42 Å². The molecule has 1 aromatic carbocycles. The number of aromatic nitrogens is 1. The fraction of sp³-hybridized carbons (Fsp3) is 0.353. The smallest absolute Gasteiger partial charge is 0.0666 e. The van der Waals surface area contributed by atoms with Gasteiger partial charge in [-0.25, -0.2) is 0 Å². The largest absolute Gasteiger partial charge is 0.363 e. The maximum atomic E-state index is 6.08. The fourth-order valence-electron chi connectivity index (χ4n) is 3.16. The third-order valence-electron chi connectivity index (χ3n) is 4.07. The summed E-state index contributed by atoms with van der Waals surface area (Å²) in [5.74, 6) is 0.654. The van der Waals surface area contributed by atoms with Gasteiger partial charge in [0.15, 0.2) is 0 Å². The Hall–Kier alpha value is -1.87. The molecule has 0 saturated heterocycles. The van der Waals surface area contributed by atoms with Gasteiger partial charge in [0, 0.05) is 31.2 Å². The van der Waals surface area contributed by atoms with Crippen LogP contribution in [0, 0.1) is 5.92 Å². The number of hydrogen-bond acceptors (Lipinski definition) is 3. The van der Waals surface area contributed by atoms with Gasteiger partial charge in [-0.05, 0) is 41.7 Å². The molecule has 3 heteroatoms. The molecular weight excluding hydrogens is 246 g/mol. The molecular formula is C17H21N3. The molecule has 2 aromatic rings. The normalized spacial score (nSPS) is 19.5. The van der Waals surface area contributed by atoms with Crippen molar-refractivity contribution in [3.8, 4) is 0 Å². The number of fused-ring (bicyclic) bond motifs is 1. The van der Waals surface area contributed by atoms with Gasteiger partial charge < -0.3 is 10.6 Å². The molecule has 0 spiro atoms. The molecule has 1 aliphatic rings. The lowest BCUT2D eigenvalue weighted by Gasteiger charge is -2.40. The molecule has 2 N–H and O–H groups in total. The number of pyridine rings is 1. The summed E-state index contributed by atoms with van der Waals surface area (Å²) >= 11 is 0. The van der Waals surface area contributed by atoms with Crippen LogP contribution in [0.15, 0.2) is 48.8 Å². The first-order valence-electron chi connectivity index (χ1n) is 7.24. The zero-order chi connectivity index (χ0) is 13.9. The summed E-state index contributed by atoms with van der Waals surface area (Å²) in [6, 6.07) is 13.0. The van der Waals surface area contributed by atoms with Crippen LogP contribution in [0.1, 0.15) is 24.1 Å². The number of nitrogens with two attached hydrogens (primary N) is 1. The second kappa shape index (κ2) is 5.63. The van der Waals surface area contributed by atoms with Crippen LogP contribution in [0.3, 0.4) is 0 Å². The van der Waals surface area contributed by atoms with Crippen molar-refractivity contribution in [2.75, 3.05) is 18.0 Å². The van der Waals surface area contributed by atoms with Crippen LogP contribution < -0.4 is 10.6 Å². The summed E-state index contributed by atoms with van der Waals surface area (Å²) < 4.78 is 0. The molecule has 0 fully saturated rings. The molecule has 0 aliphatic carbocycles. The minimum absolute atomic E-state index is 0.224. The molecule has 3 nitrogen and oxygen atoms in total. The molecule has 0 bridgehead atoms. The molecule has 2 heterocycles. The third kappa shape index (κ3) is 2.41. The fourth-order valence-corrected chi connectivity index (χ4v) is 3.16. The molecule has 0 radical (unpaired) electrons. The van der Waals surface area contributed by atoms with E-state index in [4.69, 9.17) is 5.73 Å². The van der Waals surface area contributed by atoms with Crippen LogP contribution in [0.2, 0.25) is 0 Å². The van der Waals surface area contributed by atoms with Crippen molar-refractivity contribution in [3.05, 3.63) is 59.9 Å². The molecule has 2 atom stereocenters. The van der Waals surface area contributed by atoms with E-state index in [9.17, 15) is 0 Å². The van der Waals surface area contributed by atoms with Gasteiger partial charge in [0.2, 0.25) is 0 Å². The number of para-hydroxylation sites is 1. The van der Waals surface area contributed by atoms with E-state index >= 15 is 0 Å². The minimum atomic E-state index is 0.224. The van der Waals surface area contributed by atoms with Gasteiger partial charge in [0.1, 0.15) is 0 Å². The molecule has 20 heavy (non-hydrogen) atoms. The Bertz CT molecular complexity index is 567. The van der Waals surface area contributed by atoms with E-state index in [0.717, 1.165) is 13.0 Å². The first-order chi connectivity index (χ1) is 9.79. The van der Waals surface area contributed by atoms with Gasteiger partial charge in [0.25, 0.3) is 0 Å². The Labute approximate surface area is 120 Å². The van der Waals surface area contributed by atoms with Gasteiger partial charge >= 0.3 is 0 Å². The third-order valence-corrected chi connectivity index (χ3v) is 4.07. The predicted octanol–water partition coefficient (Wildman–Crippen LogP) is 2.78. The summed E-state index contributed by atoms with van der Waals surface area (Å²) in [5.41, 5.74) is 10.1. The maximum Gasteiger partial charge on any atom is 0.0666 e. The predicted molar refractivity (Wildman–Crippen MR) is 82.7 cm³/mol. The zero-order valence-electron chi connectivity index (χ0n) is 11.9. The quantitative estimate of drug-likeness (QED) is 0.930. The molecule has 104 valence electrons. The lowest BCUT2D eigenvalue weighted by molar-refractivity contribution is 0.490. The van der Waals surface area contributed by atoms with Crippen LogP contribution in [0.25, 0.3) is 0 Å². The van der Waals surface area contributed by atoms with Gasteiger partial charge in [-0.3, -0.25) is 4.98 Å². The summed E-state index contributed by atoms with van der Waals surface area (Å²) in [7, 11) is 0. The highest BCUT2D eigenvalue weighted by Crippen LogP contribution is 2.35. The monoisotopic (exact) mass is 267 g/mol. The van der Waals surface area contributed by atoms with Crippen molar-refractivity contribution in [1.82, 2.24) is 4.98 Å². The summed E-state index contributed by atoms with van der Waals surface area (Å²) in [6.45, 7) is 3.98. The van der Waals surface area contributed by atoms with E-state index in [1.54, 1.807) is 0 Å². The highest BCUT2D eigenvalue weighted by molar-refractivity contribution is 5.57. The van der Waals surface area contributed by atoms with E-state index in [-0.39, 0.29) is 6.04 Å². The Morgan fingerprint density at radius 2 is 2.00 bits per heavy atom. The second-order valence-electron chi connectivity index (χ2n) is 5.62. The zero-order valence-corrected chi connectivity index (χ0v) is 11.9. The van der Waals surface area contributed by atoms with Crippen molar-refractivity contribution in [2.45, 2.75) is 19.4 Å². The second-order valence-corrected chi connectivity index (χ2v) is 5.62. The van der Waals surface area contributed by atoms with Gasteiger partial charge in [0.05, 0.1) is 6.04 Å². The molecule has 0 amide bonds. The van der Waals surface area contributed by atoms with Crippen LogP contribution >= 0.6 is 0 Å². The van der Waals surface area contributed by atoms with E-state index < -0.39 is 0 Å². The van der Waals surface area contributed by atoms with Gasteiger partial charge in [-0.15, -0.1) is 0 Å². The maximum absolute atomic E-state index is 6.08. The van der Waals surface area contributed by atoms with Gasteiger partial charge in [-0.1, -0.05) is 25.1 Å². The lowest BCUT2D eigenvalue weighted by Crippen LogP contribution is -2.40. The average molecular weight is 267 g/mol. The molecule has 1 aliphatic heterocycles. The number of hydrogen-bond donors (Lipinski definition) is 1. The highest BCUT2D eigenvalue weighted by Gasteiger charge is 2.27. The first kappa shape index (κ1) is 13.1. The summed E-state index contributed by atoms with van der Waals surface area (Å²) in [6.07, 6.45) is 4.84. The molecule has 1 aromatic heterocycles. The standard InChI is InChI=1S/C17H21N3/c1-13-10-15-4-2-3-5-16(15)20(12-13)17(11-18)14-6-8-19-9-7-14/h2-9,13,17H,10-12,18H2,1H3. The molecule has 3 rings (SSSR count). The van der Waals surface area contributed by atoms with Crippen LogP contribution in [0.4, 0.5) is 5.69 Å². The Morgan fingerprint density at radius 3 is 2.75 bits per heavy atom. The Morgan fingerprint density at radius 1 is 1.25 bits per heavy atom. The van der Waals surface area contributed by atoms with Crippen molar-refractivity contribution in [3.63, 3.8) is 0 Å². The Kier molecular flexibility index (Phi) is 3.70. The van der Waals surface area contributed by atoms with Gasteiger partial charge in [-0.2, -0.15) is 0 Å². The van der Waals surface area contributed by atoms with Crippen molar-refractivity contribution >= 4 is 5.69 Å².